The van der Waals surface area contributed by atoms with E-state index in [0.717, 1.165) is 5.56 Å². The summed E-state index contributed by atoms with van der Waals surface area (Å²) in [4.78, 5) is 12.6. The molecule has 1 atom stereocenters. The molecule has 1 aromatic heterocycles. The summed E-state index contributed by atoms with van der Waals surface area (Å²) in [7, 11) is 1.56. The van der Waals surface area contributed by atoms with Gasteiger partial charge in [0.1, 0.15) is 11.5 Å². The van der Waals surface area contributed by atoms with Crippen LogP contribution in [-0.2, 0) is 4.79 Å². The first-order chi connectivity index (χ1) is 13.0. The van der Waals surface area contributed by atoms with Gasteiger partial charge in [-0.3, -0.25) is 4.79 Å². The van der Waals surface area contributed by atoms with Crippen LogP contribution in [0.4, 0.5) is 5.69 Å². The van der Waals surface area contributed by atoms with Crippen LogP contribution in [0.3, 0.4) is 0 Å². The summed E-state index contributed by atoms with van der Waals surface area (Å²) in [6, 6.07) is 12.1. The number of carbonyl (C=O) groups is 1. The second kappa shape index (κ2) is 8.09. The topological polar surface area (TPSA) is 102 Å². The van der Waals surface area contributed by atoms with E-state index in [0.29, 0.717) is 22.3 Å². The van der Waals surface area contributed by atoms with Crippen molar-refractivity contribution in [1.29, 1.82) is 0 Å². The number of aromatic hydroxyl groups is 1. The highest BCUT2D eigenvalue weighted by atomic mass is 32.2. The van der Waals surface area contributed by atoms with Crippen molar-refractivity contribution < 1.29 is 14.6 Å². The average molecular weight is 385 g/mol. The fourth-order valence-electron chi connectivity index (χ4n) is 2.37. The summed E-state index contributed by atoms with van der Waals surface area (Å²) < 4.78 is 6.81. The van der Waals surface area contributed by atoms with Crippen molar-refractivity contribution in [3.05, 3.63) is 48.0 Å². The van der Waals surface area contributed by atoms with Crippen LogP contribution in [-0.4, -0.2) is 43.6 Å². The summed E-state index contributed by atoms with van der Waals surface area (Å²) >= 11 is 1.23. The Morgan fingerprint density at radius 2 is 2.00 bits per heavy atom. The maximum absolute atomic E-state index is 12.6. The molecule has 140 valence electrons. The third-order valence-corrected chi connectivity index (χ3v) is 4.83. The lowest BCUT2D eigenvalue weighted by Gasteiger charge is -2.14. The van der Waals surface area contributed by atoms with Gasteiger partial charge in [-0.15, -0.1) is 5.10 Å². The lowest BCUT2D eigenvalue weighted by Crippen LogP contribution is -2.23. The van der Waals surface area contributed by atoms with E-state index in [9.17, 15) is 9.90 Å². The molecule has 3 rings (SSSR count). The van der Waals surface area contributed by atoms with E-state index in [1.54, 1.807) is 38.3 Å². The summed E-state index contributed by atoms with van der Waals surface area (Å²) in [5.74, 6) is 0.560. The van der Waals surface area contributed by atoms with E-state index in [4.69, 9.17) is 4.74 Å². The number of amides is 1. The van der Waals surface area contributed by atoms with E-state index in [1.165, 1.54) is 16.4 Å². The first-order valence-corrected chi connectivity index (χ1v) is 9.06. The summed E-state index contributed by atoms with van der Waals surface area (Å²) in [6.07, 6.45) is 0. The van der Waals surface area contributed by atoms with Crippen molar-refractivity contribution >= 4 is 23.4 Å². The van der Waals surface area contributed by atoms with Gasteiger partial charge in [-0.2, -0.15) is 4.68 Å². The summed E-state index contributed by atoms with van der Waals surface area (Å²) in [6.45, 7) is 3.72. The van der Waals surface area contributed by atoms with Gasteiger partial charge in [0, 0.05) is 0 Å². The second-order valence-corrected chi connectivity index (χ2v) is 7.15. The van der Waals surface area contributed by atoms with E-state index in [-0.39, 0.29) is 11.7 Å². The molecule has 9 heteroatoms. The molecule has 0 aliphatic heterocycles. The molecule has 1 heterocycles. The SMILES string of the molecule is COc1ccc(C)cc1NC(=O)[C@@H](C)Sc1nnnn1-c1ccc(O)cc1. The molecule has 2 aromatic carbocycles. The molecule has 2 N–H and O–H groups in total. The number of phenolic OH excluding ortho intramolecular Hbond substituents is 1. The number of hydrogen-bond donors (Lipinski definition) is 2. The maximum Gasteiger partial charge on any atom is 0.237 e. The van der Waals surface area contributed by atoms with Crippen LogP contribution in [0, 0.1) is 6.92 Å². The van der Waals surface area contributed by atoms with Crippen molar-refractivity contribution in [3.63, 3.8) is 0 Å². The number of benzene rings is 2. The largest absolute Gasteiger partial charge is 0.508 e. The fourth-order valence-corrected chi connectivity index (χ4v) is 3.18. The van der Waals surface area contributed by atoms with Crippen molar-refractivity contribution in [3.8, 4) is 17.2 Å². The van der Waals surface area contributed by atoms with E-state index in [1.807, 2.05) is 25.1 Å². The molecule has 0 spiro atoms. The van der Waals surface area contributed by atoms with Gasteiger partial charge < -0.3 is 15.2 Å². The first kappa shape index (κ1) is 18.7. The van der Waals surface area contributed by atoms with Crippen LogP contribution in [0.5, 0.6) is 11.5 Å². The minimum absolute atomic E-state index is 0.154. The number of methoxy groups -OCH3 is 1. The van der Waals surface area contributed by atoms with Crippen LogP contribution in [0.2, 0.25) is 0 Å². The molecule has 0 aliphatic carbocycles. The van der Waals surface area contributed by atoms with Gasteiger partial charge >= 0.3 is 0 Å². The van der Waals surface area contributed by atoms with E-state index in [2.05, 4.69) is 20.8 Å². The minimum atomic E-state index is -0.447. The highest BCUT2D eigenvalue weighted by Crippen LogP contribution is 2.28. The number of anilines is 1. The van der Waals surface area contributed by atoms with Crippen LogP contribution >= 0.6 is 11.8 Å². The van der Waals surface area contributed by atoms with Gasteiger partial charge in [0.15, 0.2) is 0 Å². The molecule has 0 aliphatic rings. The molecule has 1 amide bonds. The number of nitrogens with zero attached hydrogens (tertiary/aromatic N) is 4. The van der Waals surface area contributed by atoms with Crippen molar-refractivity contribution in [2.75, 3.05) is 12.4 Å². The van der Waals surface area contributed by atoms with Crippen LogP contribution in [0.15, 0.2) is 47.6 Å². The summed E-state index contributed by atoms with van der Waals surface area (Å²) in [5, 5.41) is 24.0. The molecular weight excluding hydrogens is 366 g/mol. The monoisotopic (exact) mass is 385 g/mol. The highest BCUT2D eigenvalue weighted by molar-refractivity contribution is 8.00. The molecule has 0 fully saturated rings. The zero-order chi connectivity index (χ0) is 19.4. The van der Waals surface area contributed by atoms with Crippen molar-refractivity contribution in [1.82, 2.24) is 20.2 Å². The second-order valence-electron chi connectivity index (χ2n) is 5.84. The number of aromatic nitrogens is 4. The lowest BCUT2D eigenvalue weighted by atomic mass is 10.2. The number of aryl methyl sites for hydroxylation is 1. The Hall–Kier alpha value is -3.07. The van der Waals surface area contributed by atoms with Gasteiger partial charge in [-0.25, -0.2) is 0 Å². The van der Waals surface area contributed by atoms with E-state index >= 15 is 0 Å². The third kappa shape index (κ3) is 4.37. The fraction of sp³-hybridized carbons (Fsp3) is 0.222. The normalized spacial score (nSPS) is 11.8. The number of ether oxygens (including phenoxy) is 1. The number of nitrogens with one attached hydrogen (secondary N) is 1. The van der Waals surface area contributed by atoms with E-state index < -0.39 is 5.25 Å². The van der Waals surface area contributed by atoms with Crippen LogP contribution < -0.4 is 10.1 Å². The zero-order valence-electron chi connectivity index (χ0n) is 15.1. The number of rotatable bonds is 6. The number of hydrogen-bond acceptors (Lipinski definition) is 7. The Morgan fingerprint density at radius 3 is 2.70 bits per heavy atom. The Morgan fingerprint density at radius 1 is 1.26 bits per heavy atom. The lowest BCUT2D eigenvalue weighted by molar-refractivity contribution is -0.115. The number of phenols is 1. The standard InChI is InChI=1S/C18H19N5O3S/c1-11-4-9-16(26-3)15(10-11)19-17(25)12(2)27-18-20-21-22-23(18)13-5-7-14(24)8-6-13/h4-10,12,24H,1-3H3,(H,19,25)/t12-/m1/s1. The Labute approximate surface area is 160 Å². The highest BCUT2D eigenvalue weighted by Gasteiger charge is 2.20. The van der Waals surface area contributed by atoms with Crippen LogP contribution in [0.25, 0.3) is 5.69 Å². The quantitative estimate of drug-likeness (QED) is 0.629. The molecular formula is C18H19N5O3S. The van der Waals surface area contributed by atoms with Gasteiger partial charge in [0.05, 0.1) is 23.7 Å². The predicted octanol–water partition coefficient (Wildman–Crippen LogP) is 2.80. The number of tetrazole rings is 1. The smallest absolute Gasteiger partial charge is 0.237 e. The van der Waals surface area contributed by atoms with Crippen molar-refractivity contribution in [2.24, 2.45) is 0 Å². The Balaban J connectivity index is 1.74. The molecule has 3 aromatic rings. The Kier molecular flexibility index (Phi) is 5.60. The molecule has 0 unspecified atom stereocenters. The van der Waals surface area contributed by atoms with Gasteiger partial charge in [0.25, 0.3) is 0 Å². The average Bonchev–Trinajstić information content (AvgIpc) is 3.10. The molecule has 0 saturated carbocycles. The molecule has 8 nitrogen and oxygen atoms in total. The minimum Gasteiger partial charge on any atom is -0.508 e. The Bertz CT molecular complexity index is 942. The zero-order valence-corrected chi connectivity index (χ0v) is 15.9. The predicted molar refractivity (Wildman–Crippen MR) is 102 cm³/mol. The maximum atomic E-state index is 12.6. The van der Waals surface area contributed by atoms with Gasteiger partial charge in [-0.05, 0) is 66.2 Å². The first-order valence-electron chi connectivity index (χ1n) is 8.18. The third-order valence-electron chi connectivity index (χ3n) is 3.80. The number of thioether (sulfide) groups is 1. The van der Waals surface area contributed by atoms with Crippen LogP contribution in [0.1, 0.15) is 12.5 Å². The molecule has 0 radical (unpaired) electrons. The van der Waals surface area contributed by atoms with Gasteiger partial charge in [0.2, 0.25) is 11.1 Å². The molecule has 0 bridgehead atoms. The van der Waals surface area contributed by atoms with Crippen molar-refractivity contribution in [2.45, 2.75) is 24.3 Å². The molecule has 27 heavy (non-hydrogen) atoms. The number of carbonyl (C=O) groups excluding carboxylic acids is 1. The van der Waals surface area contributed by atoms with Gasteiger partial charge in [-0.1, -0.05) is 17.8 Å². The summed E-state index contributed by atoms with van der Waals surface area (Å²) in [5.41, 5.74) is 2.32. The molecule has 0 saturated heterocycles.